The van der Waals surface area contributed by atoms with Gasteiger partial charge in [-0.1, -0.05) is 60.7 Å². The van der Waals surface area contributed by atoms with Crippen LogP contribution >= 0.6 is 0 Å². The molecule has 7 nitrogen and oxygen atoms in total. The normalized spacial score (nSPS) is 12.1. The molecule has 0 unspecified atom stereocenters. The SMILES string of the molecule is C#CC[C@H](NC(=O)[C@H](Cc1ccccc1)NC(=O)OCc1ccccc1)C(N)=O. The minimum atomic E-state index is -1.02. The summed E-state index contributed by atoms with van der Waals surface area (Å²) in [5.41, 5.74) is 6.91. The van der Waals surface area contributed by atoms with Gasteiger partial charge in [0.1, 0.15) is 18.7 Å². The summed E-state index contributed by atoms with van der Waals surface area (Å²) in [4.78, 5) is 36.4. The summed E-state index contributed by atoms with van der Waals surface area (Å²) in [6, 6.07) is 16.3. The maximum atomic E-state index is 12.7. The van der Waals surface area contributed by atoms with E-state index in [0.29, 0.717) is 0 Å². The summed E-state index contributed by atoms with van der Waals surface area (Å²) in [7, 11) is 0. The van der Waals surface area contributed by atoms with Crippen LogP contribution < -0.4 is 16.4 Å². The molecule has 0 bridgehead atoms. The number of terminal acetylenes is 1. The van der Waals surface area contributed by atoms with Crippen LogP contribution in [0.15, 0.2) is 60.7 Å². The second-order valence-electron chi connectivity index (χ2n) is 6.32. The van der Waals surface area contributed by atoms with Crippen LogP contribution in [0.25, 0.3) is 0 Å². The number of carbonyl (C=O) groups is 3. The molecule has 7 heteroatoms. The van der Waals surface area contributed by atoms with Crippen molar-refractivity contribution >= 4 is 17.9 Å². The number of alkyl carbamates (subject to hydrolysis) is 1. The lowest BCUT2D eigenvalue weighted by molar-refractivity contribution is -0.128. The predicted octanol–water partition coefficient (Wildman–Crippen LogP) is 1.52. The Morgan fingerprint density at radius 3 is 2.07 bits per heavy atom. The summed E-state index contributed by atoms with van der Waals surface area (Å²) in [5, 5.41) is 5.04. The second-order valence-corrected chi connectivity index (χ2v) is 6.32. The Morgan fingerprint density at radius 2 is 1.52 bits per heavy atom. The third kappa shape index (κ3) is 7.39. The Labute approximate surface area is 169 Å². The van der Waals surface area contributed by atoms with Crippen molar-refractivity contribution in [1.82, 2.24) is 10.6 Å². The highest BCUT2D eigenvalue weighted by Gasteiger charge is 2.26. The first-order valence-electron chi connectivity index (χ1n) is 9.04. The van der Waals surface area contributed by atoms with E-state index >= 15 is 0 Å². The fourth-order valence-corrected chi connectivity index (χ4v) is 2.58. The number of nitrogens with one attached hydrogen (secondary N) is 2. The van der Waals surface area contributed by atoms with Crippen molar-refractivity contribution in [2.24, 2.45) is 5.73 Å². The lowest BCUT2D eigenvalue weighted by Crippen LogP contribution is -2.53. The van der Waals surface area contributed by atoms with Crippen LogP contribution in [0.3, 0.4) is 0 Å². The molecular weight excluding hydrogens is 370 g/mol. The molecule has 0 aliphatic rings. The minimum Gasteiger partial charge on any atom is -0.445 e. The van der Waals surface area contributed by atoms with Gasteiger partial charge in [0.15, 0.2) is 0 Å². The highest BCUT2D eigenvalue weighted by atomic mass is 16.5. The van der Waals surface area contributed by atoms with Crippen molar-refractivity contribution < 1.29 is 19.1 Å². The molecule has 2 atom stereocenters. The first-order valence-corrected chi connectivity index (χ1v) is 9.04. The molecule has 0 spiro atoms. The fourth-order valence-electron chi connectivity index (χ4n) is 2.58. The van der Waals surface area contributed by atoms with E-state index in [4.69, 9.17) is 16.9 Å². The molecule has 0 saturated heterocycles. The van der Waals surface area contributed by atoms with E-state index in [-0.39, 0.29) is 19.4 Å². The van der Waals surface area contributed by atoms with Crippen LogP contribution in [0.1, 0.15) is 17.5 Å². The zero-order chi connectivity index (χ0) is 21.1. The van der Waals surface area contributed by atoms with Gasteiger partial charge in [-0.3, -0.25) is 9.59 Å². The molecule has 2 rings (SSSR count). The number of hydrogen-bond acceptors (Lipinski definition) is 4. The Morgan fingerprint density at radius 1 is 0.931 bits per heavy atom. The van der Waals surface area contributed by atoms with Gasteiger partial charge < -0.3 is 21.1 Å². The summed E-state index contributed by atoms with van der Waals surface area (Å²) in [6.07, 6.45) is 4.63. The van der Waals surface area contributed by atoms with Gasteiger partial charge in [0.05, 0.1) is 0 Å². The molecule has 0 fully saturated rings. The Balaban J connectivity index is 2.05. The number of rotatable bonds is 9. The predicted molar refractivity (Wildman–Crippen MR) is 108 cm³/mol. The molecule has 0 saturated carbocycles. The molecule has 0 aliphatic carbocycles. The number of amides is 3. The first-order chi connectivity index (χ1) is 14.0. The molecule has 0 aromatic heterocycles. The molecule has 4 N–H and O–H groups in total. The van der Waals surface area contributed by atoms with Crippen molar-refractivity contribution in [1.29, 1.82) is 0 Å². The summed E-state index contributed by atoms with van der Waals surface area (Å²) in [6.45, 7) is 0.0629. The molecule has 2 aromatic carbocycles. The van der Waals surface area contributed by atoms with Gasteiger partial charge in [0, 0.05) is 12.8 Å². The molecular formula is C22H23N3O4. The molecule has 0 heterocycles. The van der Waals surface area contributed by atoms with Crippen LogP contribution in [-0.4, -0.2) is 30.0 Å². The highest BCUT2D eigenvalue weighted by Crippen LogP contribution is 2.06. The summed E-state index contributed by atoms with van der Waals surface area (Å²) in [5.74, 6) is 0.967. The monoisotopic (exact) mass is 393 g/mol. The fraction of sp³-hybridized carbons (Fsp3) is 0.227. The largest absolute Gasteiger partial charge is 0.445 e. The molecule has 3 amide bonds. The van der Waals surface area contributed by atoms with Crippen molar-refractivity contribution in [2.45, 2.75) is 31.5 Å². The first kappa shape index (κ1) is 21.5. The number of carbonyl (C=O) groups excluding carboxylic acids is 3. The quantitative estimate of drug-likeness (QED) is 0.561. The van der Waals surface area contributed by atoms with Gasteiger partial charge in [-0.05, 0) is 11.1 Å². The third-order valence-corrected chi connectivity index (χ3v) is 4.09. The number of benzene rings is 2. The number of nitrogens with two attached hydrogens (primary N) is 1. The van der Waals surface area contributed by atoms with E-state index in [1.165, 1.54) is 0 Å². The van der Waals surface area contributed by atoms with E-state index in [9.17, 15) is 14.4 Å². The van der Waals surface area contributed by atoms with Gasteiger partial charge in [0.2, 0.25) is 11.8 Å². The maximum absolute atomic E-state index is 12.7. The Hall–Kier alpha value is -3.79. The van der Waals surface area contributed by atoms with E-state index in [0.717, 1.165) is 11.1 Å². The average molecular weight is 393 g/mol. The van der Waals surface area contributed by atoms with E-state index in [1.807, 2.05) is 60.7 Å². The molecule has 0 aliphatic heterocycles. The number of primary amides is 1. The van der Waals surface area contributed by atoms with Gasteiger partial charge in [-0.15, -0.1) is 12.3 Å². The smallest absolute Gasteiger partial charge is 0.408 e. The lowest BCUT2D eigenvalue weighted by Gasteiger charge is -2.21. The average Bonchev–Trinajstić information content (AvgIpc) is 2.73. The topological polar surface area (TPSA) is 111 Å². The summed E-state index contributed by atoms with van der Waals surface area (Å²) < 4.78 is 5.19. The zero-order valence-electron chi connectivity index (χ0n) is 15.8. The van der Waals surface area contributed by atoms with Crippen molar-refractivity contribution in [3.63, 3.8) is 0 Å². The Bertz CT molecular complexity index is 863. The van der Waals surface area contributed by atoms with Crippen LogP contribution in [-0.2, 0) is 27.4 Å². The van der Waals surface area contributed by atoms with Gasteiger partial charge in [-0.25, -0.2) is 4.79 Å². The van der Waals surface area contributed by atoms with Gasteiger partial charge >= 0.3 is 6.09 Å². The number of hydrogen-bond donors (Lipinski definition) is 3. The lowest BCUT2D eigenvalue weighted by atomic mass is 10.0. The van der Waals surface area contributed by atoms with Crippen molar-refractivity contribution in [2.75, 3.05) is 0 Å². The Kier molecular flexibility index (Phi) is 8.27. The van der Waals surface area contributed by atoms with Crippen molar-refractivity contribution in [3.05, 3.63) is 71.8 Å². The molecule has 29 heavy (non-hydrogen) atoms. The minimum absolute atomic E-state index is 0.0441. The van der Waals surface area contributed by atoms with E-state index in [1.54, 1.807) is 0 Å². The number of ether oxygens (including phenoxy) is 1. The van der Waals surface area contributed by atoms with E-state index < -0.39 is 30.0 Å². The van der Waals surface area contributed by atoms with Crippen LogP contribution in [0.4, 0.5) is 4.79 Å². The van der Waals surface area contributed by atoms with Crippen LogP contribution in [0.5, 0.6) is 0 Å². The summed E-state index contributed by atoms with van der Waals surface area (Å²) >= 11 is 0. The third-order valence-electron chi connectivity index (χ3n) is 4.09. The maximum Gasteiger partial charge on any atom is 0.408 e. The van der Waals surface area contributed by atoms with E-state index in [2.05, 4.69) is 16.6 Å². The van der Waals surface area contributed by atoms with Crippen LogP contribution in [0, 0.1) is 12.3 Å². The molecule has 0 radical (unpaired) electrons. The van der Waals surface area contributed by atoms with Gasteiger partial charge in [0.25, 0.3) is 0 Å². The highest BCUT2D eigenvalue weighted by molar-refractivity contribution is 5.91. The standard InChI is InChI=1S/C22H23N3O4/c1-2-9-18(20(23)26)24-21(27)19(14-16-10-5-3-6-11-16)25-22(28)29-15-17-12-7-4-8-13-17/h1,3-8,10-13,18-19H,9,14-15H2,(H2,23,26)(H,24,27)(H,25,28)/t18-,19-/m0/s1. The van der Waals surface area contributed by atoms with Crippen molar-refractivity contribution in [3.8, 4) is 12.3 Å². The second kappa shape index (κ2) is 11.1. The van der Waals surface area contributed by atoms with Gasteiger partial charge in [-0.2, -0.15) is 0 Å². The zero-order valence-corrected chi connectivity index (χ0v) is 15.8. The van der Waals surface area contributed by atoms with Crippen LogP contribution in [0.2, 0.25) is 0 Å². The molecule has 150 valence electrons. The molecule has 2 aromatic rings.